The summed E-state index contributed by atoms with van der Waals surface area (Å²) in [6.07, 6.45) is 1.30. The van der Waals surface area contributed by atoms with Gasteiger partial charge in [0.2, 0.25) is 0 Å². The zero-order valence-electron chi connectivity index (χ0n) is 6.56. The molecule has 0 aliphatic heterocycles. The average Bonchev–Trinajstić information content (AvgIpc) is 2.17. The average molecular weight is 296 g/mol. The van der Waals surface area contributed by atoms with E-state index in [-0.39, 0.29) is 10.2 Å². The molecule has 72 valence electrons. The van der Waals surface area contributed by atoms with Crippen LogP contribution < -0.4 is 0 Å². The van der Waals surface area contributed by atoms with Crippen molar-refractivity contribution in [2.24, 2.45) is 0 Å². The van der Waals surface area contributed by atoms with Crippen molar-refractivity contribution in [3.63, 3.8) is 0 Å². The molecule has 2 aromatic rings. The first-order chi connectivity index (χ1) is 6.61. The third-order valence-electron chi connectivity index (χ3n) is 1.72. The molecule has 0 atom stereocenters. The number of rotatable bonds is 0. The van der Waals surface area contributed by atoms with Gasteiger partial charge in [0.05, 0.1) is 15.0 Å². The van der Waals surface area contributed by atoms with Crippen molar-refractivity contribution >= 4 is 50.0 Å². The van der Waals surface area contributed by atoms with Crippen LogP contribution in [0.2, 0.25) is 10.2 Å². The van der Waals surface area contributed by atoms with Crippen molar-refractivity contribution < 1.29 is 4.39 Å². The molecule has 0 amide bonds. The Morgan fingerprint density at radius 3 is 2.71 bits per heavy atom. The summed E-state index contributed by atoms with van der Waals surface area (Å²) in [6.45, 7) is 0. The summed E-state index contributed by atoms with van der Waals surface area (Å²) in [6, 6.07) is 1.21. The summed E-state index contributed by atoms with van der Waals surface area (Å²) >= 11 is 14.6. The minimum Gasteiger partial charge on any atom is -0.235 e. The van der Waals surface area contributed by atoms with Gasteiger partial charge < -0.3 is 0 Å². The second-order valence-corrected chi connectivity index (χ2v) is 4.08. The zero-order valence-corrected chi connectivity index (χ0v) is 9.66. The quantitative estimate of drug-likeness (QED) is 0.545. The second kappa shape index (κ2) is 3.61. The molecule has 14 heavy (non-hydrogen) atoms. The summed E-state index contributed by atoms with van der Waals surface area (Å²) in [7, 11) is 0. The molecule has 2 nitrogen and oxygen atoms in total. The van der Waals surface area contributed by atoms with Gasteiger partial charge in [-0.25, -0.2) is 14.4 Å². The molecule has 1 aromatic carbocycles. The Bertz CT molecular complexity index is 518. The largest absolute Gasteiger partial charge is 0.235 e. The van der Waals surface area contributed by atoms with Gasteiger partial charge >= 0.3 is 0 Å². The van der Waals surface area contributed by atoms with Gasteiger partial charge in [0.25, 0.3) is 0 Å². The number of hydrogen-bond donors (Lipinski definition) is 0. The van der Waals surface area contributed by atoms with Gasteiger partial charge in [-0.3, -0.25) is 0 Å². The van der Waals surface area contributed by atoms with Crippen LogP contribution in [0.1, 0.15) is 0 Å². The van der Waals surface area contributed by atoms with Crippen LogP contribution >= 0.6 is 39.1 Å². The number of hydrogen-bond acceptors (Lipinski definition) is 2. The van der Waals surface area contributed by atoms with Gasteiger partial charge in [-0.1, -0.05) is 23.2 Å². The molecule has 6 heteroatoms. The molecule has 0 N–H and O–H groups in total. The second-order valence-electron chi connectivity index (χ2n) is 2.55. The zero-order chi connectivity index (χ0) is 10.3. The van der Waals surface area contributed by atoms with Crippen molar-refractivity contribution in [1.29, 1.82) is 0 Å². The highest BCUT2D eigenvalue weighted by atomic mass is 79.9. The van der Waals surface area contributed by atoms with E-state index in [1.165, 1.54) is 12.4 Å². The van der Waals surface area contributed by atoms with Gasteiger partial charge in [-0.15, -0.1) is 0 Å². The fraction of sp³-hybridized carbons (Fsp3) is 0. The van der Waals surface area contributed by atoms with Crippen molar-refractivity contribution in [3.05, 3.63) is 32.9 Å². The van der Waals surface area contributed by atoms with Crippen LogP contribution in [0, 0.1) is 5.82 Å². The predicted octanol–water partition coefficient (Wildman–Crippen LogP) is 3.84. The first-order valence-corrected chi connectivity index (χ1v) is 5.10. The fourth-order valence-electron chi connectivity index (χ4n) is 1.08. The molecule has 0 saturated carbocycles. The molecule has 2 rings (SSSR count). The van der Waals surface area contributed by atoms with Gasteiger partial charge in [-0.2, -0.15) is 0 Å². The predicted molar refractivity (Wildman–Crippen MR) is 57.2 cm³/mol. The minimum atomic E-state index is -0.553. The summed E-state index contributed by atoms with van der Waals surface area (Å²) in [5, 5.41) is 0.626. The van der Waals surface area contributed by atoms with E-state index in [9.17, 15) is 4.39 Å². The Hall–Kier alpha value is -0.450. The van der Waals surface area contributed by atoms with E-state index >= 15 is 0 Å². The number of benzene rings is 1. The normalized spacial score (nSPS) is 10.9. The Balaban J connectivity index is 2.98. The standard InChI is InChI=1S/C8H2BrCl2FN2/c9-5-6(10)4(12)1-3-7(5)13-2-14-8(3)11/h1-2H. The van der Waals surface area contributed by atoms with Crippen molar-refractivity contribution in [3.8, 4) is 0 Å². The monoisotopic (exact) mass is 294 g/mol. The Morgan fingerprint density at radius 2 is 2.00 bits per heavy atom. The summed E-state index contributed by atoms with van der Waals surface area (Å²) in [5.74, 6) is -0.553. The van der Waals surface area contributed by atoms with E-state index in [0.29, 0.717) is 15.4 Å². The van der Waals surface area contributed by atoms with Crippen molar-refractivity contribution in [1.82, 2.24) is 9.97 Å². The SMILES string of the molecule is Fc1cc2c(Cl)ncnc2c(Br)c1Cl. The number of aromatic nitrogens is 2. The van der Waals surface area contributed by atoms with Crippen molar-refractivity contribution in [2.75, 3.05) is 0 Å². The van der Waals surface area contributed by atoms with Crippen LogP contribution in [-0.4, -0.2) is 9.97 Å². The summed E-state index contributed by atoms with van der Waals surface area (Å²) < 4.78 is 13.6. The lowest BCUT2D eigenvalue weighted by Gasteiger charge is -2.03. The van der Waals surface area contributed by atoms with E-state index in [2.05, 4.69) is 25.9 Å². The maximum atomic E-state index is 13.2. The molecule has 0 saturated heterocycles. The van der Waals surface area contributed by atoms with Crippen molar-refractivity contribution in [2.45, 2.75) is 0 Å². The summed E-state index contributed by atoms with van der Waals surface area (Å²) in [5.41, 5.74) is 0.497. The van der Waals surface area contributed by atoms with Crippen LogP contribution in [0.15, 0.2) is 16.9 Å². The lowest BCUT2D eigenvalue weighted by Crippen LogP contribution is -1.88. The molecule has 0 radical (unpaired) electrons. The maximum absolute atomic E-state index is 13.2. The van der Waals surface area contributed by atoms with Crippen LogP contribution in [0.25, 0.3) is 10.9 Å². The molecule has 0 spiro atoms. The Morgan fingerprint density at radius 1 is 1.29 bits per heavy atom. The molecular weight excluding hydrogens is 294 g/mol. The van der Waals surface area contributed by atoms with Crippen LogP contribution in [0.3, 0.4) is 0 Å². The molecule has 0 bridgehead atoms. The highest BCUT2D eigenvalue weighted by Crippen LogP contribution is 2.34. The van der Waals surface area contributed by atoms with E-state index < -0.39 is 5.82 Å². The lowest BCUT2D eigenvalue weighted by atomic mass is 10.2. The van der Waals surface area contributed by atoms with E-state index in [1.807, 2.05) is 0 Å². The minimum absolute atomic E-state index is 0.00716. The molecular formula is C8H2BrCl2FN2. The highest BCUT2D eigenvalue weighted by Gasteiger charge is 2.12. The van der Waals surface area contributed by atoms with E-state index in [4.69, 9.17) is 23.2 Å². The fourth-order valence-corrected chi connectivity index (χ4v) is 1.91. The molecule has 0 aliphatic carbocycles. The molecule has 0 unspecified atom stereocenters. The van der Waals surface area contributed by atoms with Gasteiger partial charge in [0, 0.05) is 5.39 Å². The molecule has 0 aliphatic rings. The first-order valence-electron chi connectivity index (χ1n) is 3.55. The van der Waals surface area contributed by atoms with Crippen LogP contribution in [0.4, 0.5) is 4.39 Å². The highest BCUT2D eigenvalue weighted by molar-refractivity contribution is 9.10. The van der Waals surface area contributed by atoms with Gasteiger partial charge in [0.1, 0.15) is 17.3 Å². The molecule has 1 heterocycles. The first kappa shape index (κ1) is 10.1. The third kappa shape index (κ3) is 1.47. The lowest BCUT2D eigenvalue weighted by molar-refractivity contribution is 0.629. The van der Waals surface area contributed by atoms with E-state index in [0.717, 1.165) is 0 Å². The number of halogens is 4. The maximum Gasteiger partial charge on any atom is 0.143 e. The summed E-state index contributed by atoms with van der Waals surface area (Å²) in [4.78, 5) is 7.69. The molecule has 0 fully saturated rings. The van der Waals surface area contributed by atoms with Crippen LogP contribution in [-0.2, 0) is 0 Å². The van der Waals surface area contributed by atoms with Gasteiger partial charge in [-0.05, 0) is 22.0 Å². The molecule has 1 aromatic heterocycles. The van der Waals surface area contributed by atoms with Crippen LogP contribution in [0.5, 0.6) is 0 Å². The number of nitrogens with zero attached hydrogens (tertiary/aromatic N) is 2. The topological polar surface area (TPSA) is 25.8 Å². The van der Waals surface area contributed by atoms with Gasteiger partial charge in [0.15, 0.2) is 0 Å². The Kier molecular flexibility index (Phi) is 2.60. The Labute approximate surface area is 97.2 Å². The smallest absolute Gasteiger partial charge is 0.143 e. The van der Waals surface area contributed by atoms with E-state index in [1.54, 1.807) is 0 Å². The third-order valence-corrected chi connectivity index (χ3v) is 3.39. The number of fused-ring (bicyclic) bond motifs is 1.